The number of aromatic nitrogens is 4. The van der Waals surface area contributed by atoms with Gasteiger partial charge in [0.1, 0.15) is 30.2 Å². The Hall–Kier alpha value is -1.51. The summed E-state index contributed by atoms with van der Waals surface area (Å²) in [5.74, 6) is -0.861. The van der Waals surface area contributed by atoms with Crippen molar-refractivity contribution in [3.05, 3.63) is 12.7 Å². The number of phosphoric acid groups is 2. The minimum atomic E-state index is -5.56. The van der Waals surface area contributed by atoms with Gasteiger partial charge in [0.05, 0.1) is 12.9 Å². The molecule has 166 valence electrons. The molecule has 0 aromatic carbocycles. The van der Waals surface area contributed by atoms with Crippen LogP contribution in [0, 0.1) is 0 Å². The van der Waals surface area contributed by atoms with Gasteiger partial charge in [-0.25, -0.2) is 19.3 Å². The summed E-state index contributed by atoms with van der Waals surface area (Å²) in [6, 6.07) is 0. The van der Waals surface area contributed by atoms with Crippen LogP contribution >= 0.6 is 15.6 Å². The highest BCUT2D eigenvalue weighted by molar-refractivity contribution is 7.59. The largest absolute Gasteiger partial charge is 0.756 e. The molecule has 6 atom stereocenters. The Balaban J connectivity index is 1.59. The number of nitrogen functional groups attached to an aromatic ring is 1. The third-order valence-corrected chi connectivity index (χ3v) is 6.48. The fraction of sp³-hybridized carbons (Fsp3) is 0.615. The lowest BCUT2D eigenvalue weighted by Gasteiger charge is -2.29. The number of nitrogens with two attached hydrogens (primary N) is 1. The highest BCUT2D eigenvalue weighted by Gasteiger charge is 2.56. The molecule has 0 aliphatic carbocycles. The lowest BCUT2D eigenvalue weighted by molar-refractivity contribution is -0.243. The predicted molar refractivity (Wildman–Crippen MR) is 91.9 cm³/mol. The minimum Gasteiger partial charge on any atom is -0.756 e. The topological polar surface area (TPSA) is 216 Å². The van der Waals surface area contributed by atoms with E-state index in [0.29, 0.717) is 11.2 Å². The van der Waals surface area contributed by atoms with Crippen LogP contribution in [0.3, 0.4) is 0 Å². The Morgan fingerprint density at radius 2 is 1.97 bits per heavy atom. The molecule has 3 N–H and O–H groups in total. The molecular weight excluding hydrogens is 448 g/mol. The predicted octanol–water partition coefficient (Wildman–Crippen LogP) is -1.21. The van der Waals surface area contributed by atoms with E-state index in [2.05, 4.69) is 23.8 Å². The van der Waals surface area contributed by atoms with E-state index in [1.807, 2.05) is 0 Å². The lowest BCUT2D eigenvalue weighted by atomic mass is 10.1. The standard InChI is InChI=1S/C13H19N5O10P2/c1-13(2)26-8-6(3-24-30(22,23)28-29(19,20)21)25-12(9(8)27-13)18-5-17-7-10(14)15-4-16-11(7)18/h4-6,8-9,12H,3H2,1-2H3,(H,22,23)(H2,14,15,16)(H2,19,20,21)/p-2/t6-,8?,9?,12-/m0/s1. The van der Waals surface area contributed by atoms with E-state index in [0.717, 1.165) is 0 Å². The molecule has 2 aromatic heterocycles. The maximum absolute atomic E-state index is 11.6. The van der Waals surface area contributed by atoms with Gasteiger partial charge in [0.25, 0.3) is 15.6 Å². The third kappa shape index (κ3) is 4.27. The van der Waals surface area contributed by atoms with Crippen molar-refractivity contribution in [3.8, 4) is 0 Å². The number of fused-ring (bicyclic) bond motifs is 2. The number of phosphoric ester groups is 1. The molecule has 2 aliphatic heterocycles. The number of hydrogen-bond donors (Lipinski definition) is 2. The number of hydrogen-bond acceptors (Lipinski definition) is 13. The van der Waals surface area contributed by atoms with Gasteiger partial charge in [-0.2, -0.15) is 0 Å². The summed E-state index contributed by atoms with van der Waals surface area (Å²) in [5, 5.41) is 0. The molecule has 0 radical (unpaired) electrons. The van der Waals surface area contributed by atoms with Crippen molar-refractivity contribution in [3.63, 3.8) is 0 Å². The summed E-state index contributed by atoms with van der Waals surface area (Å²) in [4.78, 5) is 43.0. The van der Waals surface area contributed by atoms with E-state index in [1.165, 1.54) is 17.2 Å². The number of nitrogens with zero attached hydrogens (tertiary/aromatic N) is 4. The van der Waals surface area contributed by atoms with Crippen LogP contribution in [0.4, 0.5) is 5.82 Å². The summed E-state index contributed by atoms with van der Waals surface area (Å²) < 4.78 is 49.5. The van der Waals surface area contributed by atoms with Crippen LogP contribution in [0.15, 0.2) is 12.7 Å². The molecule has 17 heteroatoms. The Morgan fingerprint density at radius 1 is 1.27 bits per heavy atom. The molecule has 2 fully saturated rings. The molecule has 15 nitrogen and oxygen atoms in total. The summed E-state index contributed by atoms with van der Waals surface area (Å²) in [5.41, 5.74) is 6.49. The van der Waals surface area contributed by atoms with Gasteiger partial charge in [0, 0.05) is 0 Å². The summed E-state index contributed by atoms with van der Waals surface area (Å²) in [7, 11) is -10.9. The quantitative estimate of drug-likeness (QED) is 0.479. The number of rotatable bonds is 6. The van der Waals surface area contributed by atoms with E-state index in [9.17, 15) is 18.9 Å². The molecule has 4 unspecified atom stereocenters. The van der Waals surface area contributed by atoms with E-state index in [4.69, 9.17) is 24.8 Å². The second kappa shape index (κ2) is 7.28. The zero-order valence-corrected chi connectivity index (χ0v) is 17.3. The second-order valence-electron chi connectivity index (χ2n) is 7.01. The average molecular weight is 465 g/mol. The fourth-order valence-corrected chi connectivity index (χ4v) is 4.92. The van der Waals surface area contributed by atoms with Crippen molar-refractivity contribution >= 4 is 32.6 Å². The van der Waals surface area contributed by atoms with Crippen molar-refractivity contribution < 1.29 is 46.9 Å². The maximum Gasteiger partial charge on any atom is 0.274 e. The van der Waals surface area contributed by atoms with Crippen molar-refractivity contribution in [1.29, 1.82) is 0 Å². The Kier molecular flexibility index (Phi) is 5.27. The van der Waals surface area contributed by atoms with Crippen LogP contribution < -0.4 is 15.5 Å². The molecule has 2 saturated heterocycles. The highest BCUT2D eigenvalue weighted by atomic mass is 31.3. The molecule has 0 saturated carbocycles. The first-order valence-corrected chi connectivity index (χ1v) is 11.5. The molecule has 2 aromatic rings. The van der Waals surface area contributed by atoms with Crippen molar-refractivity contribution in [2.75, 3.05) is 12.3 Å². The first kappa shape index (κ1) is 21.7. The maximum atomic E-state index is 11.6. The summed E-state index contributed by atoms with van der Waals surface area (Å²) in [6.07, 6.45) is -0.683. The summed E-state index contributed by atoms with van der Waals surface area (Å²) in [6.45, 7) is 2.66. The van der Waals surface area contributed by atoms with E-state index >= 15 is 0 Å². The first-order chi connectivity index (χ1) is 13.9. The minimum absolute atomic E-state index is 0.160. The van der Waals surface area contributed by atoms with Crippen LogP contribution in [0.1, 0.15) is 20.1 Å². The van der Waals surface area contributed by atoms with Crippen LogP contribution in [0.2, 0.25) is 0 Å². The van der Waals surface area contributed by atoms with Gasteiger partial charge in [-0.05, 0) is 13.8 Å². The molecule has 4 heterocycles. The van der Waals surface area contributed by atoms with Crippen LogP contribution in [-0.2, 0) is 32.2 Å². The van der Waals surface area contributed by atoms with E-state index in [-0.39, 0.29) is 5.82 Å². The molecule has 0 bridgehead atoms. The highest BCUT2D eigenvalue weighted by Crippen LogP contribution is 2.53. The SMILES string of the molecule is CC1(C)OC2C(O1)[C@@H](n1cnc3c(N)ncnc31)O[C@H]2COP(=O)([O-])OP(=O)([O-])O. The molecular formula is C13H17N5O10P2-2. The molecule has 4 rings (SSSR count). The fourth-order valence-electron chi connectivity index (χ4n) is 3.39. The van der Waals surface area contributed by atoms with Gasteiger partial charge >= 0.3 is 0 Å². The Bertz CT molecular complexity index is 1060. The number of anilines is 1. The Labute approximate surface area is 168 Å². The monoisotopic (exact) mass is 465 g/mol. The lowest BCUT2D eigenvalue weighted by Crippen LogP contribution is -2.33. The summed E-state index contributed by atoms with van der Waals surface area (Å²) >= 11 is 0. The van der Waals surface area contributed by atoms with Crippen molar-refractivity contribution in [2.24, 2.45) is 0 Å². The molecule has 2 aliphatic rings. The van der Waals surface area contributed by atoms with Gasteiger partial charge in [0.2, 0.25) is 0 Å². The number of ether oxygens (including phenoxy) is 3. The zero-order valence-electron chi connectivity index (χ0n) is 15.6. The second-order valence-corrected chi connectivity index (χ2v) is 9.75. The zero-order chi connectivity index (χ0) is 21.9. The first-order valence-electron chi connectivity index (χ1n) is 8.50. The van der Waals surface area contributed by atoms with Gasteiger partial charge in [-0.3, -0.25) is 13.7 Å². The third-order valence-electron chi connectivity index (χ3n) is 4.39. The van der Waals surface area contributed by atoms with E-state index < -0.39 is 52.6 Å². The van der Waals surface area contributed by atoms with Gasteiger partial charge in [-0.1, -0.05) is 0 Å². The van der Waals surface area contributed by atoms with Crippen LogP contribution in [0.25, 0.3) is 11.2 Å². The van der Waals surface area contributed by atoms with Crippen LogP contribution in [-0.4, -0.2) is 55.1 Å². The van der Waals surface area contributed by atoms with Gasteiger partial charge < -0.3 is 39.1 Å². The van der Waals surface area contributed by atoms with Crippen LogP contribution in [0.5, 0.6) is 0 Å². The Morgan fingerprint density at radius 3 is 2.67 bits per heavy atom. The van der Waals surface area contributed by atoms with Gasteiger partial charge in [0.15, 0.2) is 23.5 Å². The smallest absolute Gasteiger partial charge is 0.274 e. The van der Waals surface area contributed by atoms with E-state index in [1.54, 1.807) is 13.8 Å². The number of imidazole rings is 1. The molecule has 30 heavy (non-hydrogen) atoms. The normalized spacial score (nSPS) is 32.0. The molecule has 0 spiro atoms. The van der Waals surface area contributed by atoms with Crippen molar-refractivity contribution in [2.45, 2.75) is 44.2 Å². The van der Waals surface area contributed by atoms with Crippen molar-refractivity contribution in [1.82, 2.24) is 19.5 Å². The average Bonchev–Trinajstić information content (AvgIpc) is 3.22. The van der Waals surface area contributed by atoms with Gasteiger partial charge in [-0.15, -0.1) is 0 Å². The molecule has 0 amide bonds.